The quantitative estimate of drug-likeness (QED) is 0.763. The molecule has 6 nitrogen and oxygen atoms in total. The summed E-state index contributed by atoms with van der Waals surface area (Å²) in [6, 6.07) is 8.28. The maximum absolute atomic E-state index is 12.4. The predicted molar refractivity (Wildman–Crippen MR) is 90.0 cm³/mol. The second-order valence-corrected chi connectivity index (χ2v) is 7.69. The highest BCUT2D eigenvalue weighted by Crippen LogP contribution is 2.21. The van der Waals surface area contributed by atoms with Gasteiger partial charge in [0.15, 0.2) is 0 Å². The summed E-state index contributed by atoms with van der Waals surface area (Å²) in [7, 11) is -3.64. The molecule has 23 heavy (non-hydrogen) atoms. The van der Waals surface area contributed by atoms with E-state index in [1.807, 2.05) is 6.92 Å². The molecule has 0 atom stereocenters. The molecule has 0 fully saturated rings. The van der Waals surface area contributed by atoms with E-state index in [9.17, 15) is 13.2 Å². The zero-order valence-electron chi connectivity index (χ0n) is 12.4. The van der Waals surface area contributed by atoms with Gasteiger partial charge in [0.2, 0.25) is 10.0 Å². The van der Waals surface area contributed by atoms with Crippen LogP contribution in [-0.2, 0) is 23.1 Å². The molecule has 0 saturated heterocycles. The van der Waals surface area contributed by atoms with Crippen molar-refractivity contribution in [2.75, 3.05) is 0 Å². The minimum Gasteiger partial charge on any atom is -0.299 e. The van der Waals surface area contributed by atoms with Crippen molar-refractivity contribution in [1.82, 2.24) is 14.3 Å². The average Bonchev–Trinajstić information content (AvgIpc) is 2.88. The molecular formula is C15H15N3O3S2. The van der Waals surface area contributed by atoms with Gasteiger partial charge in [0.05, 0.1) is 15.1 Å². The third-order valence-electron chi connectivity index (χ3n) is 3.46. The Labute approximate surface area is 137 Å². The summed E-state index contributed by atoms with van der Waals surface area (Å²) in [6.07, 6.45) is 3.24. The molecule has 0 bridgehead atoms. The SMILES string of the molecule is CCn1c(=O)sc2cc(S(=O)(=O)NCc3cccnc3)ccc21. The van der Waals surface area contributed by atoms with Crippen LogP contribution in [0.25, 0.3) is 10.2 Å². The van der Waals surface area contributed by atoms with Gasteiger partial charge < -0.3 is 0 Å². The number of hydrogen-bond acceptors (Lipinski definition) is 5. The summed E-state index contributed by atoms with van der Waals surface area (Å²) in [4.78, 5) is 15.9. The highest BCUT2D eigenvalue weighted by molar-refractivity contribution is 7.89. The lowest BCUT2D eigenvalue weighted by Crippen LogP contribution is -2.23. The summed E-state index contributed by atoms with van der Waals surface area (Å²) >= 11 is 1.05. The third-order valence-corrected chi connectivity index (χ3v) is 5.80. The molecule has 0 spiro atoms. The maximum atomic E-state index is 12.4. The number of fused-ring (bicyclic) bond motifs is 1. The molecule has 0 aliphatic rings. The Balaban J connectivity index is 1.91. The lowest BCUT2D eigenvalue weighted by Gasteiger charge is -2.07. The summed E-state index contributed by atoms with van der Waals surface area (Å²) in [5, 5.41) is 0. The largest absolute Gasteiger partial charge is 0.308 e. The Bertz CT molecular complexity index is 992. The first-order valence-corrected chi connectivity index (χ1v) is 9.33. The third kappa shape index (κ3) is 3.19. The van der Waals surface area contributed by atoms with Crippen LogP contribution in [0, 0.1) is 0 Å². The van der Waals surface area contributed by atoms with E-state index in [1.165, 1.54) is 6.07 Å². The fourth-order valence-corrected chi connectivity index (χ4v) is 4.39. The number of hydrogen-bond donors (Lipinski definition) is 1. The van der Waals surface area contributed by atoms with Gasteiger partial charge in [0.1, 0.15) is 0 Å². The van der Waals surface area contributed by atoms with Crippen molar-refractivity contribution < 1.29 is 8.42 Å². The molecule has 0 amide bonds. The number of nitrogens with one attached hydrogen (secondary N) is 1. The van der Waals surface area contributed by atoms with Crippen LogP contribution >= 0.6 is 11.3 Å². The normalized spacial score (nSPS) is 11.9. The zero-order chi connectivity index (χ0) is 16.4. The number of sulfonamides is 1. The number of nitrogens with zero attached hydrogens (tertiary/aromatic N) is 2. The van der Waals surface area contributed by atoms with Gasteiger partial charge in [-0.2, -0.15) is 0 Å². The van der Waals surface area contributed by atoms with Gasteiger partial charge in [-0.1, -0.05) is 17.4 Å². The lowest BCUT2D eigenvalue weighted by atomic mass is 10.3. The van der Waals surface area contributed by atoms with Crippen molar-refractivity contribution in [3.05, 3.63) is 58.0 Å². The van der Waals surface area contributed by atoms with Crippen LogP contribution in [0.1, 0.15) is 12.5 Å². The fraction of sp³-hybridized carbons (Fsp3) is 0.200. The van der Waals surface area contributed by atoms with Crippen LogP contribution in [0.15, 0.2) is 52.4 Å². The van der Waals surface area contributed by atoms with Crippen LogP contribution in [0.4, 0.5) is 0 Å². The molecule has 0 unspecified atom stereocenters. The van der Waals surface area contributed by atoms with E-state index in [2.05, 4.69) is 9.71 Å². The molecule has 0 saturated carbocycles. The molecule has 2 heterocycles. The van der Waals surface area contributed by atoms with Crippen molar-refractivity contribution in [3.63, 3.8) is 0 Å². The average molecular weight is 349 g/mol. The molecule has 0 aliphatic heterocycles. The Hall–Kier alpha value is -2.03. The Kier molecular flexibility index (Phi) is 4.29. The summed E-state index contributed by atoms with van der Waals surface area (Å²) in [5.41, 5.74) is 1.53. The molecule has 1 N–H and O–H groups in total. The van der Waals surface area contributed by atoms with E-state index < -0.39 is 10.0 Å². The number of benzene rings is 1. The van der Waals surface area contributed by atoms with Gasteiger partial charge in [0, 0.05) is 25.5 Å². The van der Waals surface area contributed by atoms with Gasteiger partial charge in [-0.25, -0.2) is 13.1 Å². The Morgan fingerprint density at radius 3 is 2.83 bits per heavy atom. The standard InChI is InChI=1S/C15H15N3O3S2/c1-2-18-13-6-5-12(8-14(13)22-15(18)19)23(20,21)17-10-11-4-3-7-16-9-11/h3-9,17H,2,10H2,1H3. The number of thiazole rings is 1. The van der Waals surface area contributed by atoms with Crippen molar-refractivity contribution in [2.45, 2.75) is 24.9 Å². The maximum Gasteiger partial charge on any atom is 0.308 e. The second kappa shape index (κ2) is 6.23. The second-order valence-electron chi connectivity index (χ2n) is 4.93. The van der Waals surface area contributed by atoms with Crippen LogP contribution in [-0.4, -0.2) is 18.0 Å². The molecule has 0 aliphatic carbocycles. The molecular weight excluding hydrogens is 334 g/mol. The van der Waals surface area contributed by atoms with Crippen molar-refractivity contribution in [2.24, 2.45) is 0 Å². The van der Waals surface area contributed by atoms with Crippen LogP contribution < -0.4 is 9.60 Å². The first-order chi connectivity index (χ1) is 11.0. The van der Waals surface area contributed by atoms with Crippen LogP contribution in [0.5, 0.6) is 0 Å². The number of aryl methyl sites for hydroxylation is 1. The summed E-state index contributed by atoms with van der Waals surface area (Å²) in [5.74, 6) is 0. The molecule has 0 radical (unpaired) electrons. The first kappa shape index (κ1) is 15.9. The van der Waals surface area contributed by atoms with Crippen molar-refractivity contribution in [1.29, 1.82) is 0 Å². The zero-order valence-corrected chi connectivity index (χ0v) is 14.0. The summed E-state index contributed by atoms with van der Waals surface area (Å²) < 4.78 is 29.6. The van der Waals surface area contributed by atoms with Gasteiger partial charge in [0.25, 0.3) is 0 Å². The Morgan fingerprint density at radius 2 is 2.13 bits per heavy atom. The molecule has 3 rings (SSSR count). The molecule has 8 heteroatoms. The molecule has 2 aromatic heterocycles. The van der Waals surface area contributed by atoms with Gasteiger partial charge in [-0.3, -0.25) is 14.3 Å². The minimum atomic E-state index is -3.64. The van der Waals surface area contributed by atoms with E-state index in [4.69, 9.17) is 0 Å². The number of aromatic nitrogens is 2. The van der Waals surface area contributed by atoms with E-state index in [0.29, 0.717) is 11.2 Å². The van der Waals surface area contributed by atoms with Crippen molar-refractivity contribution in [3.8, 4) is 0 Å². The minimum absolute atomic E-state index is 0.0830. The van der Waals surface area contributed by atoms with E-state index in [-0.39, 0.29) is 16.3 Å². The van der Waals surface area contributed by atoms with Gasteiger partial charge in [-0.15, -0.1) is 0 Å². The monoisotopic (exact) mass is 349 g/mol. The van der Waals surface area contributed by atoms with E-state index in [1.54, 1.807) is 41.2 Å². The summed E-state index contributed by atoms with van der Waals surface area (Å²) in [6.45, 7) is 2.61. The highest BCUT2D eigenvalue weighted by atomic mass is 32.2. The molecule has 120 valence electrons. The number of rotatable bonds is 5. The van der Waals surface area contributed by atoms with Gasteiger partial charge >= 0.3 is 4.87 Å². The van der Waals surface area contributed by atoms with Crippen LogP contribution in [0.3, 0.4) is 0 Å². The topological polar surface area (TPSA) is 81.1 Å². The van der Waals surface area contributed by atoms with Crippen molar-refractivity contribution >= 4 is 31.6 Å². The molecule has 1 aromatic carbocycles. The first-order valence-electron chi connectivity index (χ1n) is 7.03. The molecule has 3 aromatic rings. The fourth-order valence-electron chi connectivity index (χ4n) is 2.28. The van der Waals surface area contributed by atoms with Crippen LogP contribution in [0.2, 0.25) is 0 Å². The Morgan fingerprint density at radius 1 is 1.30 bits per heavy atom. The van der Waals surface area contributed by atoms with E-state index in [0.717, 1.165) is 22.4 Å². The smallest absolute Gasteiger partial charge is 0.299 e. The highest BCUT2D eigenvalue weighted by Gasteiger charge is 2.16. The van der Waals surface area contributed by atoms with E-state index >= 15 is 0 Å². The number of pyridine rings is 1. The van der Waals surface area contributed by atoms with Gasteiger partial charge in [-0.05, 0) is 36.8 Å². The predicted octanol–water partition coefficient (Wildman–Crippen LogP) is 1.96. The lowest BCUT2D eigenvalue weighted by molar-refractivity contribution is 0.581.